The molecule has 1 aromatic heterocycles. The first-order valence-corrected chi connectivity index (χ1v) is 10.1. The molecule has 1 amide bonds. The number of amides is 1. The minimum absolute atomic E-state index is 0.0881. The maximum atomic E-state index is 12.4. The average Bonchev–Trinajstić information content (AvgIpc) is 3.08. The Balaban J connectivity index is 1.48. The number of para-hydroxylation sites is 1. The number of hydrogen-bond donors (Lipinski definition) is 3. The van der Waals surface area contributed by atoms with Crippen LogP contribution in [-0.2, 0) is 16.1 Å². The first kappa shape index (κ1) is 19.8. The Morgan fingerprint density at radius 3 is 2.48 bits per heavy atom. The third-order valence-corrected chi connectivity index (χ3v) is 5.97. The summed E-state index contributed by atoms with van der Waals surface area (Å²) in [5.41, 5.74) is 0.861. The van der Waals surface area contributed by atoms with Gasteiger partial charge in [-0.25, -0.2) is 4.79 Å². The normalized spacial score (nSPS) is 19.5. The van der Waals surface area contributed by atoms with Gasteiger partial charge in [-0.2, -0.15) is 0 Å². The lowest BCUT2D eigenvalue weighted by Gasteiger charge is -2.29. The fourth-order valence-electron chi connectivity index (χ4n) is 3.31. The average molecular weight is 410 g/mol. The highest BCUT2D eigenvalue weighted by Crippen LogP contribution is 2.20. The van der Waals surface area contributed by atoms with Crippen molar-refractivity contribution in [1.29, 1.82) is 0 Å². The summed E-state index contributed by atoms with van der Waals surface area (Å²) in [6.07, 6.45) is 0. The van der Waals surface area contributed by atoms with Crippen LogP contribution in [0, 0.1) is 0 Å². The zero-order chi connectivity index (χ0) is 19.2. The summed E-state index contributed by atoms with van der Waals surface area (Å²) in [4.78, 5) is 28.3. The van der Waals surface area contributed by atoms with E-state index in [2.05, 4.69) is 11.4 Å². The fraction of sp³-hybridized carbons (Fsp3) is 0.368. The highest BCUT2D eigenvalue weighted by Gasteiger charge is 2.25. The van der Waals surface area contributed by atoms with Gasteiger partial charge >= 0.3 is 5.97 Å². The zero-order valence-electron chi connectivity index (χ0n) is 15.2. The largest absolute Gasteiger partial charge is 0.465 e. The molecule has 1 fully saturated rings. The van der Waals surface area contributed by atoms with Crippen LogP contribution in [0.25, 0.3) is 0 Å². The maximum absolute atomic E-state index is 12.4. The highest BCUT2D eigenvalue weighted by atomic mass is 35.5. The number of thiophene rings is 1. The quantitative estimate of drug-likeness (QED) is 0.593. The second-order valence-corrected chi connectivity index (χ2v) is 8.44. The van der Waals surface area contributed by atoms with Crippen LogP contribution in [0.15, 0.2) is 36.4 Å². The number of ether oxygens (including phenoxy) is 1. The summed E-state index contributed by atoms with van der Waals surface area (Å²) in [6.45, 7) is 5.33. The van der Waals surface area contributed by atoms with Crippen LogP contribution >= 0.6 is 22.9 Å². The van der Waals surface area contributed by atoms with Crippen molar-refractivity contribution in [3.05, 3.63) is 51.2 Å². The summed E-state index contributed by atoms with van der Waals surface area (Å²) in [5, 5.41) is 2.85. The topological polar surface area (TPSA) is 64.3 Å². The van der Waals surface area contributed by atoms with Gasteiger partial charge < -0.3 is 19.9 Å². The lowest BCUT2D eigenvalue weighted by molar-refractivity contribution is -1.01. The number of esters is 1. The molecule has 6 nitrogen and oxygen atoms in total. The number of carbonyl (C=O) groups is 2. The minimum Gasteiger partial charge on any atom is -0.465 e. The Morgan fingerprint density at radius 1 is 1.11 bits per heavy atom. The van der Waals surface area contributed by atoms with E-state index in [4.69, 9.17) is 16.3 Å². The molecule has 8 heteroatoms. The van der Waals surface area contributed by atoms with Crippen molar-refractivity contribution in [1.82, 2.24) is 0 Å². The number of rotatable bonds is 6. The van der Waals surface area contributed by atoms with Crippen LogP contribution in [-0.4, -0.2) is 51.7 Å². The molecule has 0 aliphatic carbocycles. The predicted molar refractivity (Wildman–Crippen MR) is 106 cm³/mol. The summed E-state index contributed by atoms with van der Waals surface area (Å²) in [7, 11) is 1.33. The van der Waals surface area contributed by atoms with E-state index in [0.717, 1.165) is 37.1 Å². The van der Waals surface area contributed by atoms with Crippen LogP contribution in [0.5, 0.6) is 0 Å². The van der Waals surface area contributed by atoms with E-state index >= 15 is 0 Å². The van der Waals surface area contributed by atoms with E-state index in [0.29, 0.717) is 17.8 Å². The van der Waals surface area contributed by atoms with Crippen molar-refractivity contribution in [3.63, 3.8) is 0 Å². The molecule has 0 bridgehead atoms. The predicted octanol–water partition coefficient (Wildman–Crippen LogP) is 0.110. The number of methoxy groups -OCH3 is 1. The number of anilines is 1. The number of nitrogens with one attached hydrogen (secondary N) is 3. The standard InChI is InChI=1S/C19H22ClN3O3S/c1-26-19(25)15-4-2-3-5-16(15)21-18(24)13-23-10-8-22(9-11-23)12-14-6-7-17(20)27-14/h2-7H,8-13H2,1H3,(H,21,24)/p+2. The molecule has 1 saturated heterocycles. The van der Waals surface area contributed by atoms with Gasteiger partial charge in [-0.15, -0.1) is 11.3 Å². The summed E-state index contributed by atoms with van der Waals surface area (Å²) >= 11 is 7.63. The van der Waals surface area contributed by atoms with Crippen LogP contribution in [0.2, 0.25) is 4.34 Å². The number of piperazine rings is 1. The van der Waals surface area contributed by atoms with Gasteiger partial charge in [0.1, 0.15) is 32.7 Å². The van der Waals surface area contributed by atoms with E-state index in [9.17, 15) is 9.59 Å². The van der Waals surface area contributed by atoms with Crippen molar-refractivity contribution in [2.24, 2.45) is 0 Å². The smallest absolute Gasteiger partial charge is 0.339 e. The molecule has 0 spiro atoms. The van der Waals surface area contributed by atoms with Crippen LogP contribution in [0.3, 0.4) is 0 Å². The molecule has 1 aliphatic heterocycles. The van der Waals surface area contributed by atoms with Crippen LogP contribution in [0.4, 0.5) is 5.69 Å². The Bertz CT molecular complexity index is 803. The number of benzene rings is 1. The monoisotopic (exact) mass is 409 g/mol. The van der Waals surface area contributed by atoms with E-state index in [1.54, 1.807) is 35.6 Å². The molecule has 0 saturated carbocycles. The SMILES string of the molecule is COC(=O)c1ccccc1NC(=O)C[NH+]1CC[NH+](Cc2ccc(Cl)s2)CC1. The lowest BCUT2D eigenvalue weighted by atomic mass is 10.2. The fourth-order valence-corrected chi connectivity index (χ4v) is 4.46. The minimum atomic E-state index is -0.454. The molecular formula is C19H24ClN3O3S+2. The molecule has 2 aromatic rings. The van der Waals surface area contributed by atoms with E-state index in [1.165, 1.54) is 21.8 Å². The Labute approximate surface area is 167 Å². The van der Waals surface area contributed by atoms with Crippen molar-refractivity contribution < 1.29 is 24.1 Å². The second kappa shape index (κ2) is 9.32. The van der Waals surface area contributed by atoms with Crippen molar-refractivity contribution >= 4 is 40.5 Å². The van der Waals surface area contributed by atoms with Crippen LogP contribution in [0.1, 0.15) is 15.2 Å². The molecule has 144 valence electrons. The Hall–Kier alpha value is -1.93. The highest BCUT2D eigenvalue weighted by molar-refractivity contribution is 7.16. The number of quaternary nitrogens is 2. The molecule has 0 unspecified atom stereocenters. The van der Waals surface area contributed by atoms with E-state index in [-0.39, 0.29) is 5.91 Å². The molecular weight excluding hydrogens is 386 g/mol. The number of halogens is 1. The Morgan fingerprint density at radius 2 is 1.81 bits per heavy atom. The summed E-state index contributed by atoms with van der Waals surface area (Å²) in [5.74, 6) is -0.543. The van der Waals surface area contributed by atoms with Gasteiger partial charge in [0.15, 0.2) is 6.54 Å². The van der Waals surface area contributed by atoms with E-state index < -0.39 is 5.97 Å². The van der Waals surface area contributed by atoms with Gasteiger partial charge in [-0.3, -0.25) is 4.79 Å². The third-order valence-electron chi connectivity index (χ3n) is 4.73. The van der Waals surface area contributed by atoms with Gasteiger partial charge in [0.2, 0.25) is 0 Å². The molecule has 2 heterocycles. The molecule has 1 aliphatic rings. The molecule has 3 rings (SSSR count). The zero-order valence-corrected chi connectivity index (χ0v) is 16.8. The first-order chi connectivity index (χ1) is 13.0. The number of hydrogen-bond acceptors (Lipinski definition) is 4. The van der Waals surface area contributed by atoms with Crippen molar-refractivity contribution in [3.8, 4) is 0 Å². The molecule has 0 atom stereocenters. The first-order valence-electron chi connectivity index (χ1n) is 8.93. The lowest BCUT2D eigenvalue weighted by Crippen LogP contribution is -3.28. The number of carbonyl (C=O) groups excluding carboxylic acids is 2. The Kier molecular flexibility index (Phi) is 6.84. The van der Waals surface area contributed by atoms with Gasteiger partial charge in [-0.05, 0) is 24.3 Å². The molecule has 3 N–H and O–H groups in total. The van der Waals surface area contributed by atoms with Gasteiger partial charge in [0, 0.05) is 0 Å². The molecule has 0 radical (unpaired) electrons. The molecule has 1 aromatic carbocycles. The summed E-state index contributed by atoms with van der Waals surface area (Å²) in [6, 6.07) is 10.9. The van der Waals surface area contributed by atoms with Gasteiger partial charge in [-0.1, -0.05) is 23.7 Å². The third kappa shape index (κ3) is 5.52. The molecule has 27 heavy (non-hydrogen) atoms. The van der Waals surface area contributed by atoms with Crippen molar-refractivity contribution in [2.75, 3.05) is 45.2 Å². The van der Waals surface area contributed by atoms with Crippen molar-refractivity contribution in [2.45, 2.75) is 6.54 Å². The van der Waals surface area contributed by atoms with E-state index in [1.807, 2.05) is 6.07 Å². The van der Waals surface area contributed by atoms with Gasteiger partial charge in [0.05, 0.1) is 27.6 Å². The maximum Gasteiger partial charge on any atom is 0.339 e. The van der Waals surface area contributed by atoms with Gasteiger partial charge in [0.25, 0.3) is 5.91 Å². The summed E-state index contributed by atoms with van der Waals surface area (Å²) < 4.78 is 5.60. The second-order valence-electron chi connectivity index (χ2n) is 6.64. The van der Waals surface area contributed by atoms with Crippen LogP contribution < -0.4 is 15.1 Å².